The molecule has 2 atom stereocenters. The molecule has 0 saturated heterocycles. The van der Waals surface area contributed by atoms with Crippen LogP contribution < -0.4 is 21.1 Å². The average molecular weight is 315 g/mol. The van der Waals surface area contributed by atoms with Crippen LogP contribution in [0.5, 0.6) is 5.75 Å². The van der Waals surface area contributed by atoms with E-state index in [2.05, 4.69) is 63.2 Å². The highest BCUT2D eigenvalue weighted by Gasteiger charge is 2.27. The van der Waals surface area contributed by atoms with Crippen LogP contribution in [0.2, 0.25) is 0 Å². The molecule has 0 amide bonds. The predicted octanol–water partition coefficient (Wildman–Crippen LogP) is 3.50. The summed E-state index contributed by atoms with van der Waals surface area (Å²) >= 11 is 0. The van der Waals surface area contributed by atoms with E-state index in [1.54, 1.807) is 7.11 Å². The molecule has 2 aromatic carbocycles. The van der Waals surface area contributed by atoms with Crippen molar-refractivity contribution in [3.8, 4) is 5.75 Å². The molecule has 2 aromatic rings. The van der Waals surface area contributed by atoms with Crippen LogP contribution in [0.4, 0.5) is 0 Å². The second-order valence-corrected chi connectivity index (χ2v) is 8.81. The SMILES string of the molecule is COc1ccccc1P(C[C@@H](N)C(C)(C)C)c1ccccc1. The van der Waals surface area contributed by atoms with Crippen LogP contribution in [0.25, 0.3) is 0 Å². The van der Waals surface area contributed by atoms with Gasteiger partial charge < -0.3 is 10.5 Å². The van der Waals surface area contributed by atoms with Crippen molar-refractivity contribution in [3.05, 3.63) is 54.6 Å². The number of rotatable bonds is 5. The Hall–Kier alpha value is -1.37. The van der Waals surface area contributed by atoms with Crippen molar-refractivity contribution in [2.45, 2.75) is 26.8 Å². The largest absolute Gasteiger partial charge is 0.496 e. The van der Waals surface area contributed by atoms with E-state index >= 15 is 0 Å². The Morgan fingerprint density at radius 1 is 1.00 bits per heavy atom. The molecule has 1 unspecified atom stereocenters. The molecule has 0 spiro atoms. The molecule has 0 aliphatic heterocycles. The van der Waals surface area contributed by atoms with Crippen molar-refractivity contribution in [1.82, 2.24) is 0 Å². The third-order valence-electron chi connectivity index (χ3n) is 3.94. The first-order valence-electron chi connectivity index (χ1n) is 7.64. The van der Waals surface area contributed by atoms with Crippen LogP contribution in [-0.2, 0) is 0 Å². The summed E-state index contributed by atoms with van der Waals surface area (Å²) in [6, 6.07) is 19.1. The lowest BCUT2D eigenvalue weighted by Crippen LogP contribution is -2.39. The minimum Gasteiger partial charge on any atom is -0.496 e. The summed E-state index contributed by atoms with van der Waals surface area (Å²) in [7, 11) is 1.21. The van der Waals surface area contributed by atoms with Crippen LogP contribution in [-0.4, -0.2) is 19.3 Å². The van der Waals surface area contributed by atoms with E-state index in [0.717, 1.165) is 11.9 Å². The topological polar surface area (TPSA) is 35.2 Å². The van der Waals surface area contributed by atoms with E-state index < -0.39 is 7.92 Å². The maximum atomic E-state index is 6.49. The van der Waals surface area contributed by atoms with E-state index in [4.69, 9.17) is 10.5 Å². The monoisotopic (exact) mass is 315 g/mol. The number of nitrogens with two attached hydrogens (primary N) is 1. The number of ether oxygens (including phenoxy) is 1. The fraction of sp³-hybridized carbons (Fsp3) is 0.368. The number of hydrogen-bond donors (Lipinski definition) is 1. The standard InChI is InChI=1S/C19H26NOP/c1-19(2,3)18(20)14-22(15-10-6-5-7-11-15)17-13-9-8-12-16(17)21-4/h5-13,18H,14,20H2,1-4H3/t18-,22?/m1/s1. The maximum Gasteiger partial charge on any atom is 0.126 e. The zero-order valence-electron chi connectivity index (χ0n) is 13.9. The average Bonchev–Trinajstić information content (AvgIpc) is 2.52. The van der Waals surface area contributed by atoms with Gasteiger partial charge in [-0.1, -0.05) is 69.3 Å². The van der Waals surface area contributed by atoms with Gasteiger partial charge in [0.15, 0.2) is 0 Å². The molecule has 0 heterocycles. The van der Waals surface area contributed by atoms with Crippen molar-refractivity contribution in [2.75, 3.05) is 13.3 Å². The first-order valence-corrected chi connectivity index (χ1v) is 9.17. The van der Waals surface area contributed by atoms with E-state index in [0.29, 0.717) is 0 Å². The molecule has 0 aromatic heterocycles. The van der Waals surface area contributed by atoms with Gasteiger partial charge in [-0.25, -0.2) is 0 Å². The fourth-order valence-electron chi connectivity index (χ4n) is 2.27. The van der Waals surface area contributed by atoms with Crippen LogP contribution in [0.3, 0.4) is 0 Å². The summed E-state index contributed by atoms with van der Waals surface area (Å²) in [4.78, 5) is 0. The van der Waals surface area contributed by atoms with Crippen molar-refractivity contribution >= 4 is 18.5 Å². The summed E-state index contributed by atoms with van der Waals surface area (Å²) < 4.78 is 5.59. The molecule has 0 fully saturated rings. The van der Waals surface area contributed by atoms with Crippen LogP contribution in [0, 0.1) is 5.41 Å². The maximum absolute atomic E-state index is 6.49. The molecule has 3 heteroatoms. The molecule has 22 heavy (non-hydrogen) atoms. The van der Waals surface area contributed by atoms with Gasteiger partial charge in [-0.15, -0.1) is 0 Å². The summed E-state index contributed by atoms with van der Waals surface area (Å²) in [5, 5.41) is 2.62. The van der Waals surface area contributed by atoms with Gasteiger partial charge in [0.2, 0.25) is 0 Å². The first-order chi connectivity index (χ1) is 10.4. The molecule has 0 aliphatic rings. The quantitative estimate of drug-likeness (QED) is 0.857. The zero-order valence-corrected chi connectivity index (χ0v) is 14.8. The predicted molar refractivity (Wildman–Crippen MR) is 97.9 cm³/mol. The van der Waals surface area contributed by atoms with Gasteiger partial charge in [-0.2, -0.15) is 0 Å². The number of benzene rings is 2. The van der Waals surface area contributed by atoms with Gasteiger partial charge in [0.05, 0.1) is 7.11 Å². The van der Waals surface area contributed by atoms with Crippen molar-refractivity contribution < 1.29 is 4.74 Å². The molecule has 0 bridgehead atoms. The second kappa shape index (κ2) is 7.26. The summed E-state index contributed by atoms with van der Waals surface area (Å²) in [5.74, 6) is 0.957. The summed E-state index contributed by atoms with van der Waals surface area (Å²) in [6.45, 7) is 6.62. The van der Waals surface area contributed by atoms with Crippen LogP contribution in [0.1, 0.15) is 20.8 Å². The van der Waals surface area contributed by atoms with Gasteiger partial charge >= 0.3 is 0 Å². The summed E-state index contributed by atoms with van der Waals surface area (Å²) in [5.41, 5.74) is 6.59. The smallest absolute Gasteiger partial charge is 0.126 e. The number of para-hydroxylation sites is 1. The van der Waals surface area contributed by atoms with Gasteiger partial charge in [-0.3, -0.25) is 0 Å². The molecule has 2 nitrogen and oxygen atoms in total. The highest BCUT2D eigenvalue weighted by Crippen LogP contribution is 2.39. The first kappa shape index (κ1) is 17.0. The molecular weight excluding hydrogens is 289 g/mol. The number of hydrogen-bond acceptors (Lipinski definition) is 2. The molecule has 0 saturated carbocycles. The molecule has 2 N–H and O–H groups in total. The molecule has 0 radical (unpaired) electrons. The fourth-order valence-corrected chi connectivity index (χ4v) is 5.13. The molecule has 0 aliphatic carbocycles. The van der Waals surface area contributed by atoms with Crippen molar-refractivity contribution in [1.29, 1.82) is 0 Å². The highest BCUT2D eigenvalue weighted by atomic mass is 31.1. The Balaban J connectivity index is 2.42. The molecule has 2 rings (SSSR count). The van der Waals surface area contributed by atoms with Gasteiger partial charge in [-0.05, 0) is 30.9 Å². The van der Waals surface area contributed by atoms with Gasteiger partial charge in [0.1, 0.15) is 5.75 Å². The lowest BCUT2D eigenvalue weighted by Gasteiger charge is -2.31. The third kappa shape index (κ3) is 4.09. The van der Waals surface area contributed by atoms with E-state index in [-0.39, 0.29) is 11.5 Å². The second-order valence-electron chi connectivity index (χ2n) is 6.59. The van der Waals surface area contributed by atoms with E-state index in [1.165, 1.54) is 10.6 Å². The number of methoxy groups -OCH3 is 1. The van der Waals surface area contributed by atoms with E-state index in [9.17, 15) is 0 Å². The van der Waals surface area contributed by atoms with Crippen LogP contribution >= 0.6 is 7.92 Å². The minimum absolute atomic E-state index is 0.0946. The Morgan fingerprint density at radius 3 is 2.18 bits per heavy atom. The lowest BCUT2D eigenvalue weighted by molar-refractivity contribution is 0.343. The van der Waals surface area contributed by atoms with Gasteiger partial charge in [0, 0.05) is 11.3 Å². The molecule has 118 valence electrons. The summed E-state index contributed by atoms with van der Waals surface area (Å²) in [6.07, 6.45) is 0.962. The minimum atomic E-state index is -0.531. The van der Waals surface area contributed by atoms with Crippen molar-refractivity contribution in [2.24, 2.45) is 11.1 Å². The Morgan fingerprint density at radius 2 is 1.59 bits per heavy atom. The lowest BCUT2D eigenvalue weighted by atomic mass is 9.89. The Kier molecular flexibility index (Phi) is 5.61. The Bertz CT molecular complexity index is 592. The van der Waals surface area contributed by atoms with E-state index in [1.807, 2.05) is 12.1 Å². The zero-order chi connectivity index (χ0) is 16.2. The third-order valence-corrected chi connectivity index (χ3v) is 6.57. The molecular formula is C19H26NOP. The van der Waals surface area contributed by atoms with Gasteiger partial charge in [0.25, 0.3) is 0 Å². The van der Waals surface area contributed by atoms with Crippen LogP contribution in [0.15, 0.2) is 54.6 Å². The normalized spacial score (nSPS) is 14.4. The highest BCUT2D eigenvalue weighted by molar-refractivity contribution is 7.73. The van der Waals surface area contributed by atoms with Crippen molar-refractivity contribution in [3.63, 3.8) is 0 Å². The Labute approximate surface area is 135 Å².